The van der Waals surface area contributed by atoms with Crippen LogP contribution in [0.1, 0.15) is 21.5 Å². The van der Waals surface area contributed by atoms with Crippen LogP contribution in [0.2, 0.25) is 0 Å². The summed E-state index contributed by atoms with van der Waals surface area (Å²) in [4.78, 5) is 30.6. The molecule has 0 saturated carbocycles. The second-order valence-corrected chi connectivity index (χ2v) is 7.93. The Morgan fingerprint density at radius 2 is 1.73 bits per heavy atom. The number of hydrogen-bond donors (Lipinski definition) is 0. The topological polar surface area (TPSA) is 52.0 Å². The van der Waals surface area contributed by atoms with E-state index in [9.17, 15) is 14.0 Å². The van der Waals surface area contributed by atoms with Crippen LogP contribution in [0.4, 0.5) is 4.39 Å². The van der Waals surface area contributed by atoms with E-state index >= 15 is 0 Å². The number of carbonyl (C=O) groups is 1. The lowest BCUT2D eigenvalue weighted by molar-refractivity contribution is 0.102. The molecule has 0 aliphatic heterocycles. The number of para-hydroxylation sites is 1. The van der Waals surface area contributed by atoms with Gasteiger partial charge in [-0.05, 0) is 67.4 Å². The highest BCUT2D eigenvalue weighted by molar-refractivity contribution is 7.99. The standard InChI is InChI=1S/C24H19FN2O2S/c1-15-6-5-9-21(16(15)2)27-23(29)19-7-3-4-8-20(19)26-24(27)30-14-22(28)17-10-12-18(25)13-11-17/h3-13H,14H2,1-2H3. The van der Waals surface area contributed by atoms with Crippen LogP contribution in [-0.2, 0) is 0 Å². The van der Waals surface area contributed by atoms with Crippen molar-refractivity contribution in [1.82, 2.24) is 9.55 Å². The summed E-state index contributed by atoms with van der Waals surface area (Å²) < 4.78 is 14.7. The zero-order valence-electron chi connectivity index (χ0n) is 16.6. The van der Waals surface area contributed by atoms with Crippen LogP contribution in [0, 0.1) is 19.7 Å². The van der Waals surface area contributed by atoms with E-state index in [-0.39, 0.29) is 22.9 Å². The molecule has 3 aromatic carbocycles. The molecule has 0 spiro atoms. The van der Waals surface area contributed by atoms with Crippen molar-refractivity contribution in [3.05, 3.63) is 99.6 Å². The maximum atomic E-state index is 13.3. The molecule has 150 valence electrons. The van der Waals surface area contributed by atoms with Crippen molar-refractivity contribution >= 4 is 28.4 Å². The van der Waals surface area contributed by atoms with Gasteiger partial charge in [0.15, 0.2) is 10.9 Å². The summed E-state index contributed by atoms with van der Waals surface area (Å²) in [5.74, 6) is -0.463. The van der Waals surface area contributed by atoms with Crippen molar-refractivity contribution in [2.24, 2.45) is 0 Å². The van der Waals surface area contributed by atoms with Crippen molar-refractivity contribution in [3.63, 3.8) is 0 Å². The van der Waals surface area contributed by atoms with Crippen LogP contribution in [0.15, 0.2) is 76.7 Å². The number of nitrogens with zero attached hydrogens (tertiary/aromatic N) is 2. The van der Waals surface area contributed by atoms with Gasteiger partial charge in [-0.25, -0.2) is 9.37 Å². The van der Waals surface area contributed by atoms with Gasteiger partial charge in [0, 0.05) is 5.56 Å². The third-order valence-electron chi connectivity index (χ3n) is 5.06. The Morgan fingerprint density at radius 1 is 1.00 bits per heavy atom. The largest absolute Gasteiger partial charge is 0.293 e. The first-order chi connectivity index (χ1) is 14.5. The van der Waals surface area contributed by atoms with E-state index in [1.165, 1.54) is 36.0 Å². The average molecular weight is 418 g/mol. The molecule has 0 aliphatic rings. The minimum Gasteiger partial charge on any atom is -0.293 e. The summed E-state index contributed by atoms with van der Waals surface area (Å²) in [5.41, 5.74) is 3.61. The number of Topliss-reactive ketones (excluding diaryl/α,β-unsaturated/α-hetero) is 1. The SMILES string of the molecule is Cc1cccc(-n2c(SCC(=O)c3ccc(F)cc3)nc3ccccc3c2=O)c1C. The van der Waals surface area contributed by atoms with Gasteiger partial charge in [0.1, 0.15) is 5.82 Å². The molecule has 0 radical (unpaired) electrons. The number of halogens is 1. The molecular weight excluding hydrogens is 399 g/mol. The molecule has 4 nitrogen and oxygen atoms in total. The van der Waals surface area contributed by atoms with E-state index < -0.39 is 0 Å². The van der Waals surface area contributed by atoms with Gasteiger partial charge in [0.2, 0.25) is 0 Å². The second-order valence-electron chi connectivity index (χ2n) is 6.99. The highest BCUT2D eigenvalue weighted by Crippen LogP contribution is 2.25. The molecule has 0 N–H and O–H groups in total. The number of aryl methyl sites for hydroxylation is 1. The lowest BCUT2D eigenvalue weighted by Gasteiger charge is -2.16. The van der Waals surface area contributed by atoms with Crippen LogP contribution in [0.5, 0.6) is 0 Å². The minimum absolute atomic E-state index is 0.0846. The molecule has 0 atom stereocenters. The summed E-state index contributed by atoms with van der Waals surface area (Å²) in [5, 5.41) is 0.968. The Bertz CT molecular complexity index is 1310. The van der Waals surface area contributed by atoms with E-state index in [2.05, 4.69) is 4.98 Å². The quantitative estimate of drug-likeness (QED) is 0.257. The zero-order valence-corrected chi connectivity index (χ0v) is 17.4. The summed E-state index contributed by atoms with van der Waals surface area (Å²) >= 11 is 1.20. The van der Waals surface area contributed by atoms with E-state index in [1.807, 2.05) is 44.2 Å². The van der Waals surface area contributed by atoms with Crippen molar-refractivity contribution < 1.29 is 9.18 Å². The van der Waals surface area contributed by atoms with Gasteiger partial charge < -0.3 is 0 Å². The van der Waals surface area contributed by atoms with Crippen LogP contribution < -0.4 is 5.56 Å². The Hall–Kier alpha value is -3.25. The minimum atomic E-state index is -0.390. The number of benzene rings is 3. The van der Waals surface area contributed by atoms with Crippen LogP contribution >= 0.6 is 11.8 Å². The number of rotatable bonds is 5. The predicted octanol–water partition coefficient (Wildman–Crippen LogP) is 5.12. The molecular formula is C24H19FN2O2S. The third kappa shape index (κ3) is 3.78. The fourth-order valence-electron chi connectivity index (χ4n) is 3.25. The molecule has 0 bridgehead atoms. The van der Waals surface area contributed by atoms with E-state index in [1.54, 1.807) is 16.7 Å². The maximum Gasteiger partial charge on any atom is 0.266 e. The van der Waals surface area contributed by atoms with E-state index in [0.717, 1.165) is 16.8 Å². The first kappa shape index (κ1) is 20.0. The Labute approximate surface area is 177 Å². The number of hydrogen-bond acceptors (Lipinski definition) is 4. The predicted molar refractivity (Wildman–Crippen MR) is 118 cm³/mol. The Morgan fingerprint density at radius 3 is 2.50 bits per heavy atom. The first-order valence-electron chi connectivity index (χ1n) is 9.45. The van der Waals surface area contributed by atoms with Gasteiger partial charge in [-0.1, -0.05) is 36.0 Å². The van der Waals surface area contributed by atoms with Crippen LogP contribution in [-0.4, -0.2) is 21.1 Å². The number of carbonyl (C=O) groups excluding carboxylic acids is 1. The number of fused-ring (bicyclic) bond motifs is 1. The molecule has 0 unspecified atom stereocenters. The molecule has 4 rings (SSSR count). The number of thioether (sulfide) groups is 1. The smallest absolute Gasteiger partial charge is 0.266 e. The van der Waals surface area contributed by atoms with Crippen molar-refractivity contribution in [1.29, 1.82) is 0 Å². The summed E-state index contributed by atoms with van der Waals surface area (Å²) in [6, 6.07) is 18.4. The summed E-state index contributed by atoms with van der Waals surface area (Å²) in [6.07, 6.45) is 0. The molecule has 0 aliphatic carbocycles. The fourth-order valence-corrected chi connectivity index (χ4v) is 4.15. The average Bonchev–Trinajstić information content (AvgIpc) is 2.75. The molecule has 6 heteroatoms. The van der Waals surface area contributed by atoms with Gasteiger partial charge in [-0.3, -0.25) is 14.2 Å². The summed E-state index contributed by atoms with van der Waals surface area (Å²) in [6.45, 7) is 3.95. The second kappa shape index (κ2) is 8.24. The zero-order chi connectivity index (χ0) is 21.3. The van der Waals surface area contributed by atoms with Crippen LogP contribution in [0.3, 0.4) is 0 Å². The molecule has 1 heterocycles. The third-order valence-corrected chi connectivity index (χ3v) is 6.00. The van der Waals surface area contributed by atoms with Gasteiger partial charge in [-0.2, -0.15) is 0 Å². The van der Waals surface area contributed by atoms with Crippen LogP contribution in [0.25, 0.3) is 16.6 Å². The van der Waals surface area contributed by atoms with Gasteiger partial charge in [0.25, 0.3) is 5.56 Å². The molecule has 30 heavy (non-hydrogen) atoms. The molecule has 1 aromatic heterocycles. The van der Waals surface area contributed by atoms with Gasteiger partial charge >= 0.3 is 0 Å². The maximum absolute atomic E-state index is 13.3. The Balaban J connectivity index is 1.80. The Kier molecular flexibility index (Phi) is 5.50. The highest BCUT2D eigenvalue weighted by Gasteiger charge is 2.17. The first-order valence-corrected chi connectivity index (χ1v) is 10.4. The fraction of sp³-hybridized carbons (Fsp3) is 0.125. The van der Waals surface area contributed by atoms with E-state index in [4.69, 9.17) is 0 Å². The molecule has 0 saturated heterocycles. The van der Waals surface area contributed by atoms with Crippen molar-refractivity contribution in [2.75, 3.05) is 5.75 Å². The molecule has 4 aromatic rings. The summed E-state index contributed by atoms with van der Waals surface area (Å²) in [7, 11) is 0. The van der Waals surface area contributed by atoms with Gasteiger partial charge in [-0.15, -0.1) is 0 Å². The molecule has 0 amide bonds. The monoisotopic (exact) mass is 418 g/mol. The normalized spacial score (nSPS) is 11.0. The van der Waals surface area contributed by atoms with Crippen molar-refractivity contribution in [3.8, 4) is 5.69 Å². The lowest BCUT2D eigenvalue weighted by atomic mass is 10.1. The number of ketones is 1. The van der Waals surface area contributed by atoms with Gasteiger partial charge in [0.05, 0.1) is 22.3 Å². The molecule has 0 fully saturated rings. The number of aromatic nitrogens is 2. The lowest BCUT2D eigenvalue weighted by Crippen LogP contribution is -2.23. The highest BCUT2D eigenvalue weighted by atomic mass is 32.2. The van der Waals surface area contributed by atoms with E-state index in [0.29, 0.717) is 21.6 Å². The van der Waals surface area contributed by atoms with Crippen molar-refractivity contribution in [2.45, 2.75) is 19.0 Å².